The summed E-state index contributed by atoms with van der Waals surface area (Å²) in [4.78, 5) is 14.9. The Balaban J connectivity index is 1.39. The molecule has 2 saturated heterocycles. The summed E-state index contributed by atoms with van der Waals surface area (Å²) in [6.07, 6.45) is 10.1. The van der Waals surface area contributed by atoms with Crippen LogP contribution in [0.5, 0.6) is 0 Å². The Morgan fingerprint density at radius 3 is 2.57 bits per heavy atom. The van der Waals surface area contributed by atoms with Crippen LogP contribution >= 0.6 is 0 Å². The second-order valence-corrected chi connectivity index (χ2v) is 6.91. The molecule has 3 heterocycles. The van der Waals surface area contributed by atoms with Gasteiger partial charge in [0.15, 0.2) is 0 Å². The maximum atomic E-state index is 12.9. The molecule has 0 bridgehead atoms. The summed E-state index contributed by atoms with van der Waals surface area (Å²) in [7, 11) is 0. The van der Waals surface area contributed by atoms with Crippen molar-refractivity contribution < 1.29 is 9.53 Å². The molecule has 1 aromatic rings. The normalized spacial score (nSPS) is 26.2. The van der Waals surface area contributed by atoms with Crippen LogP contribution in [0.15, 0.2) is 18.5 Å². The number of hydrogen-bond donors (Lipinski definition) is 0. The molecule has 0 aromatic carbocycles. The van der Waals surface area contributed by atoms with Crippen molar-refractivity contribution in [3.63, 3.8) is 0 Å². The molecule has 1 saturated carbocycles. The molecule has 0 atom stereocenters. The van der Waals surface area contributed by atoms with Crippen molar-refractivity contribution in [1.29, 1.82) is 0 Å². The molecule has 3 fully saturated rings. The lowest BCUT2D eigenvalue weighted by atomic mass is 9.88. The third kappa shape index (κ3) is 2.37. The molecule has 1 aromatic heterocycles. The monoisotopic (exact) mass is 289 g/mol. The molecule has 5 nitrogen and oxygen atoms in total. The Labute approximate surface area is 125 Å². The highest BCUT2D eigenvalue weighted by Gasteiger charge is 2.53. The van der Waals surface area contributed by atoms with Crippen LogP contribution in [0.3, 0.4) is 0 Å². The molecule has 0 radical (unpaired) electrons. The minimum atomic E-state index is -0.174. The lowest BCUT2D eigenvalue weighted by Crippen LogP contribution is -2.49. The fourth-order valence-electron chi connectivity index (χ4n) is 3.90. The van der Waals surface area contributed by atoms with Gasteiger partial charge in [0.25, 0.3) is 0 Å². The Kier molecular flexibility index (Phi) is 3.06. The van der Waals surface area contributed by atoms with Crippen LogP contribution in [0.4, 0.5) is 0 Å². The van der Waals surface area contributed by atoms with E-state index in [2.05, 4.69) is 10.00 Å². The fourth-order valence-corrected chi connectivity index (χ4v) is 3.90. The van der Waals surface area contributed by atoms with E-state index < -0.39 is 0 Å². The van der Waals surface area contributed by atoms with E-state index in [1.165, 1.54) is 12.8 Å². The predicted octanol–water partition coefficient (Wildman–Crippen LogP) is 1.83. The van der Waals surface area contributed by atoms with Crippen LogP contribution in [0.2, 0.25) is 0 Å². The van der Waals surface area contributed by atoms with Gasteiger partial charge in [-0.25, -0.2) is 0 Å². The summed E-state index contributed by atoms with van der Waals surface area (Å²) in [5.74, 6) is 0.339. The van der Waals surface area contributed by atoms with Gasteiger partial charge in [0.2, 0.25) is 5.91 Å². The number of carbonyl (C=O) groups is 1. The number of aromatic nitrogens is 2. The zero-order valence-electron chi connectivity index (χ0n) is 12.5. The van der Waals surface area contributed by atoms with Gasteiger partial charge in [-0.05, 0) is 44.6 Å². The second-order valence-electron chi connectivity index (χ2n) is 6.91. The molecule has 1 aliphatic carbocycles. The number of likely N-dealkylation sites (tertiary alicyclic amines) is 1. The molecule has 3 aliphatic rings. The highest BCUT2D eigenvalue weighted by Crippen LogP contribution is 2.49. The second kappa shape index (κ2) is 4.83. The van der Waals surface area contributed by atoms with Crippen LogP contribution in [0, 0.1) is 5.41 Å². The van der Waals surface area contributed by atoms with Crippen LogP contribution < -0.4 is 0 Å². The Morgan fingerprint density at radius 1 is 1.19 bits per heavy atom. The molecule has 21 heavy (non-hydrogen) atoms. The standard InChI is InChI=1S/C16H23N3O2/c20-14(15(4-5-15)13-19-9-2-8-17-19)18-10-6-16(7-11-18)3-1-12-21-16/h2,8-9H,1,3-7,10-13H2. The van der Waals surface area contributed by atoms with Crippen molar-refractivity contribution >= 4 is 5.91 Å². The molecular formula is C16H23N3O2. The molecule has 2 aliphatic heterocycles. The van der Waals surface area contributed by atoms with E-state index >= 15 is 0 Å². The van der Waals surface area contributed by atoms with Crippen molar-refractivity contribution in [2.24, 2.45) is 5.41 Å². The van der Waals surface area contributed by atoms with E-state index in [9.17, 15) is 4.79 Å². The number of carbonyl (C=O) groups excluding carboxylic acids is 1. The first-order valence-corrected chi connectivity index (χ1v) is 8.12. The fraction of sp³-hybridized carbons (Fsp3) is 0.750. The Bertz CT molecular complexity index is 506. The first kappa shape index (κ1) is 13.3. The molecule has 4 rings (SSSR count). The van der Waals surface area contributed by atoms with E-state index in [4.69, 9.17) is 4.74 Å². The molecule has 0 N–H and O–H groups in total. The molecular weight excluding hydrogens is 266 g/mol. The van der Waals surface area contributed by atoms with Gasteiger partial charge < -0.3 is 9.64 Å². The largest absolute Gasteiger partial charge is 0.375 e. The lowest BCUT2D eigenvalue weighted by Gasteiger charge is -2.40. The van der Waals surface area contributed by atoms with Gasteiger partial charge in [0.05, 0.1) is 17.6 Å². The molecule has 1 spiro atoms. The predicted molar refractivity (Wildman–Crippen MR) is 77.6 cm³/mol. The van der Waals surface area contributed by atoms with Gasteiger partial charge in [-0.15, -0.1) is 0 Å². The summed E-state index contributed by atoms with van der Waals surface area (Å²) >= 11 is 0. The first-order chi connectivity index (χ1) is 10.2. The van der Waals surface area contributed by atoms with E-state index in [-0.39, 0.29) is 11.0 Å². The number of piperidine rings is 1. The zero-order chi connectivity index (χ0) is 14.3. The van der Waals surface area contributed by atoms with E-state index in [1.807, 2.05) is 16.9 Å². The maximum Gasteiger partial charge on any atom is 0.230 e. The highest BCUT2D eigenvalue weighted by atomic mass is 16.5. The van der Waals surface area contributed by atoms with Crippen LogP contribution in [-0.2, 0) is 16.1 Å². The average molecular weight is 289 g/mol. The molecule has 114 valence electrons. The van der Waals surface area contributed by atoms with Gasteiger partial charge in [-0.2, -0.15) is 5.10 Å². The number of amides is 1. The van der Waals surface area contributed by atoms with Gasteiger partial charge in [0, 0.05) is 32.1 Å². The third-order valence-corrected chi connectivity index (χ3v) is 5.48. The zero-order valence-corrected chi connectivity index (χ0v) is 12.5. The smallest absolute Gasteiger partial charge is 0.230 e. The summed E-state index contributed by atoms with van der Waals surface area (Å²) in [5, 5.41) is 4.25. The molecule has 5 heteroatoms. The number of ether oxygens (including phenoxy) is 1. The quantitative estimate of drug-likeness (QED) is 0.853. The summed E-state index contributed by atoms with van der Waals surface area (Å²) < 4.78 is 7.84. The topological polar surface area (TPSA) is 47.4 Å². The van der Waals surface area contributed by atoms with Gasteiger partial charge in [-0.3, -0.25) is 9.48 Å². The molecule has 1 amide bonds. The molecule has 0 unspecified atom stereocenters. The summed E-state index contributed by atoms with van der Waals surface area (Å²) in [5.41, 5.74) is -0.0808. The SMILES string of the molecule is O=C(N1CCC2(CCCO2)CC1)C1(Cn2cccn2)CC1. The van der Waals surface area contributed by atoms with Gasteiger partial charge in [0.1, 0.15) is 0 Å². The van der Waals surface area contributed by atoms with Crippen LogP contribution in [0.1, 0.15) is 38.5 Å². The van der Waals surface area contributed by atoms with Crippen molar-refractivity contribution in [3.8, 4) is 0 Å². The number of rotatable bonds is 3. The van der Waals surface area contributed by atoms with Crippen molar-refractivity contribution in [2.75, 3.05) is 19.7 Å². The van der Waals surface area contributed by atoms with Crippen molar-refractivity contribution in [3.05, 3.63) is 18.5 Å². The minimum absolute atomic E-state index is 0.0927. The van der Waals surface area contributed by atoms with Crippen LogP contribution in [0.25, 0.3) is 0 Å². The van der Waals surface area contributed by atoms with E-state index in [0.29, 0.717) is 5.91 Å². The van der Waals surface area contributed by atoms with Crippen molar-refractivity contribution in [2.45, 2.75) is 50.7 Å². The van der Waals surface area contributed by atoms with E-state index in [0.717, 1.165) is 51.9 Å². The van der Waals surface area contributed by atoms with Crippen molar-refractivity contribution in [1.82, 2.24) is 14.7 Å². The summed E-state index contributed by atoms with van der Waals surface area (Å²) in [6, 6.07) is 1.92. The number of hydrogen-bond acceptors (Lipinski definition) is 3. The highest BCUT2D eigenvalue weighted by molar-refractivity contribution is 5.85. The van der Waals surface area contributed by atoms with Gasteiger partial charge >= 0.3 is 0 Å². The first-order valence-electron chi connectivity index (χ1n) is 8.12. The summed E-state index contributed by atoms with van der Waals surface area (Å²) in [6.45, 7) is 3.35. The third-order valence-electron chi connectivity index (χ3n) is 5.48. The van der Waals surface area contributed by atoms with Crippen LogP contribution in [-0.4, -0.2) is 45.9 Å². The lowest BCUT2D eigenvalue weighted by molar-refractivity contribution is -0.142. The average Bonchev–Trinajstić information content (AvgIpc) is 2.88. The number of nitrogens with zero attached hydrogens (tertiary/aromatic N) is 3. The van der Waals surface area contributed by atoms with E-state index in [1.54, 1.807) is 6.20 Å². The Hall–Kier alpha value is -1.36. The minimum Gasteiger partial charge on any atom is -0.375 e. The van der Waals surface area contributed by atoms with Gasteiger partial charge in [-0.1, -0.05) is 0 Å². The maximum absolute atomic E-state index is 12.9. The Morgan fingerprint density at radius 2 is 2.00 bits per heavy atom.